The van der Waals surface area contributed by atoms with Gasteiger partial charge in [-0.05, 0) is 152 Å². The fourth-order valence-corrected chi connectivity index (χ4v) is 11.5. The molecule has 10 atom stereocenters. The lowest BCUT2D eigenvalue weighted by atomic mass is 9.87. The molecule has 0 aromatic rings. The molecule has 440 valence electrons. The van der Waals surface area contributed by atoms with Crippen LogP contribution in [0.4, 0.5) is 0 Å². The summed E-state index contributed by atoms with van der Waals surface area (Å²) in [5.74, 6) is 2.10. The molecular formula is C64H112O12. The average Bonchev–Trinajstić information content (AvgIpc) is 4.12. The van der Waals surface area contributed by atoms with E-state index < -0.39 is 0 Å². The number of hydrogen-bond acceptors (Lipinski definition) is 12. The first-order valence-corrected chi connectivity index (χ1v) is 30.8. The highest BCUT2D eigenvalue weighted by atomic mass is 16.5. The van der Waals surface area contributed by atoms with Crippen LogP contribution in [0.5, 0.6) is 0 Å². The third-order valence-electron chi connectivity index (χ3n) is 16.0. The fraction of sp³-hybridized carbons (Fsp3) is 0.844. The van der Waals surface area contributed by atoms with Crippen LogP contribution in [0.1, 0.15) is 262 Å². The molecule has 4 aliphatic carbocycles. The first-order chi connectivity index (χ1) is 36.5. The minimum atomic E-state index is -0.220. The van der Waals surface area contributed by atoms with E-state index in [9.17, 15) is 39.0 Å². The molecule has 4 aliphatic rings. The standard InChI is InChI=1S/C17H30O3.C17H28O3.C15H28O3.C15H26O3/c2*1-4-5-6-7-15-14(8-9-16(15)18)12-17(19)20-11-10-13(2)3;2*1-3-5-6-7-13-12(8-9-14(13)16)11-15(17)18-10-4-2/h10,14-16,18H,4-9,11-12H2,1-3H3;10,14-15H,4-9,11-12H2,1-3H3;12-14,16H,3-11H2,1-2H3;12-13H,3-11H2,1-2H3. The Hall–Kier alpha value is -3.38. The molecule has 4 rings (SSSR count). The molecule has 2 N–H and O–H groups in total. The van der Waals surface area contributed by atoms with Gasteiger partial charge in [-0.3, -0.25) is 28.8 Å². The molecule has 12 nitrogen and oxygen atoms in total. The van der Waals surface area contributed by atoms with Gasteiger partial charge in [0.1, 0.15) is 24.8 Å². The van der Waals surface area contributed by atoms with Crippen LogP contribution in [0.3, 0.4) is 0 Å². The van der Waals surface area contributed by atoms with Crippen molar-refractivity contribution in [2.45, 2.75) is 274 Å². The van der Waals surface area contributed by atoms with Crippen LogP contribution in [0.2, 0.25) is 0 Å². The topological polar surface area (TPSA) is 180 Å². The minimum Gasteiger partial charge on any atom is -0.466 e. The number of ketones is 2. The van der Waals surface area contributed by atoms with Crippen molar-refractivity contribution in [1.82, 2.24) is 0 Å². The van der Waals surface area contributed by atoms with Crippen molar-refractivity contribution in [2.24, 2.45) is 47.3 Å². The van der Waals surface area contributed by atoms with Gasteiger partial charge in [-0.2, -0.15) is 0 Å². The molecule has 4 saturated carbocycles. The molecule has 4 fully saturated rings. The maximum absolute atomic E-state index is 11.9. The number of aliphatic hydroxyl groups is 2. The van der Waals surface area contributed by atoms with E-state index in [1.54, 1.807) is 0 Å². The van der Waals surface area contributed by atoms with Gasteiger partial charge >= 0.3 is 23.9 Å². The molecule has 10 unspecified atom stereocenters. The molecule has 0 aliphatic heterocycles. The average molecular weight is 1070 g/mol. The zero-order valence-electron chi connectivity index (χ0n) is 49.9. The maximum Gasteiger partial charge on any atom is 0.306 e. The molecule has 0 amide bonds. The number of allylic oxidation sites excluding steroid dienone is 2. The van der Waals surface area contributed by atoms with Crippen LogP contribution in [-0.2, 0) is 47.7 Å². The lowest BCUT2D eigenvalue weighted by molar-refractivity contribution is -0.146. The predicted octanol–water partition coefficient (Wildman–Crippen LogP) is 14.7. The van der Waals surface area contributed by atoms with Crippen molar-refractivity contribution >= 4 is 35.4 Å². The van der Waals surface area contributed by atoms with Gasteiger partial charge in [0.2, 0.25) is 0 Å². The Kier molecular flexibility index (Phi) is 40.4. The largest absolute Gasteiger partial charge is 0.466 e. The number of esters is 4. The van der Waals surface area contributed by atoms with Crippen molar-refractivity contribution in [3.8, 4) is 0 Å². The van der Waals surface area contributed by atoms with Crippen molar-refractivity contribution in [3.05, 3.63) is 23.3 Å². The highest BCUT2D eigenvalue weighted by Gasteiger charge is 2.38. The molecule has 0 saturated heterocycles. The number of carbonyl (C=O) groups excluding carboxylic acids is 6. The molecule has 0 spiro atoms. The summed E-state index contributed by atoms with van der Waals surface area (Å²) in [6, 6.07) is 0. The van der Waals surface area contributed by atoms with Crippen LogP contribution in [0.15, 0.2) is 23.3 Å². The Balaban J connectivity index is 0.000000507. The molecule has 0 bridgehead atoms. The SMILES string of the molecule is CCCCCC1C(=O)CCC1CC(=O)OCC=C(C)C.CCCCCC1C(=O)CCC1CC(=O)OCCC.CCCCCC1C(O)CCC1CC(=O)OCC=C(C)C.CCCCCC1C(O)CCC1CC(=O)OCCC. The quantitative estimate of drug-likeness (QED) is 0.0282. The van der Waals surface area contributed by atoms with E-state index in [0.717, 1.165) is 114 Å². The third-order valence-corrected chi connectivity index (χ3v) is 16.0. The summed E-state index contributed by atoms with van der Waals surface area (Å²) in [4.78, 5) is 70.6. The van der Waals surface area contributed by atoms with Gasteiger partial charge < -0.3 is 29.2 Å². The van der Waals surface area contributed by atoms with Gasteiger partial charge in [0.15, 0.2) is 0 Å². The number of unbranched alkanes of at least 4 members (excludes halogenated alkanes) is 8. The van der Waals surface area contributed by atoms with Crippen LogP contribution in [0.25, 0.3) is 0 Å². The van der Waals surface area contributed by atoms with Crippen molar-refractivity contribution < 1.29 is 57.9 Å². The highest BCUT2D eigenvalue weighted by molar-refractivity contribution is 5.85. The summed E-state index contributed by atoms with van der Waals surface area (Å²) in [7, 11) is 0. The van der Waals surface area contributed by atoms with Crippen LogP contribution in [0, 0.1) is 47.3 Å². The van der Waals surface area contributed by atoms with Crippen LogP contribution in [-0.4, -0.2) is 84.3 Å². The number of aliphatic hydroxyl groups excluding tert-OH is 2. The third kappa shape index (κ3) is 31.3. The Morgan fingerprint density at radius 1 is 0.421 bits per heavy atom. The molecule has 12 heteroatoms. The number of rotatable bonds is 32. The minimum absolute atomic E-state index is 0.0866. The summed E-state index contributed by atoms with van der Waals surface area (Å²) in [6.45, 7) is 22.4. The van der Waals surface area contributed by atoms with Crippen molar-refractivity contribution in [1.29, 1.82) is 0 Å². The Morgan fingerprint density at radius 3 is 1.05 bits per heavy atom. The molecule has 0 aromatic carbocycles. The summed E-state index contributed by atoms with van der Waals surface area (Å²) >= 11 is 0. The number of Topliss-reactive ketones (excluding diaryl/α,β-unsaturated/α-hetero) is 2. The van der Waals surface area contributed by atoms with E-state index in [2.05, 4.69) is 27.7 Å². The van der Waals surface area contributed by atoms with E-state index in [4.69, 9.17) is 18.9 Å². The Labute approximate surface area is 462 Å². The number of hydrogen-bond donors (Lipinski definition) is 2. The van der Waals surface area contributed by atoms with Gasteiger partial charge in [0.05, 0.1) is 25.4 Å². The summed E-state index contributed by atoms with van der Waals surface area (Å²) in [5.41, 5.74) is 2.30. The number of carbonyl (C=O) groups is 6. The zero-order valence-corrected chi connectivity index (χ0v) is 49.9. The van der Waals surface area contributed by atoms with Crippen LogP contribution < -0.4 is 0 Å². The van der Waals surface area contributed by atoms with E-state index >= 15 is 0 Å². The smallest absolute Gasteiger partial charge is 0.306 e. The second-order valence-electron chi connectivity index (χ2n) is 23.0. The van der Waals surface area contributed by atoms with Gasteiger partial charge in [-0.15, -0.1) is 0 Å². The Bertz CT molecular complexity index is 1660. The summed E-state index contributed by atoms with van der Waals surface area (Å²) < 4.78 is 20.7. The maximum atomic E-state index is 11.9. The second-order valence-corrected chi connectivity index (χ2v) is 23.0. The Morgan fingerprint density at radius 2 is 0.737 bits per heavy atom. The summed E-state index contributed by atoms with van der Waals surface area (Å²) in [6.07, 6.45) is 31.6. The van der Waals surface area contributed by atoms with E-state index in [1.165, 1.54) is 51.4 Å². The molecule has 0 radical (unpaired) electrons. The van der Waals surface area contributed by atoms with E-state index in [-0.39, 0.29) is 65.7 Å². The lowest BCUT2D eigenvalue weighted by Gasteiger charge is -2.21. The normalized spacial score (nSPS) is 24.5. The molecule has 0 aromatic heterocycles. The van der Waals surface area contributed by atoms with E-state index in [1.807, 2.05) is 53.7 Å². The zero-order chi connectivity index (χ0) is 56.7. The highest BCUT2D eigenvalue weighted by Crippen LogP contribution is 2.40. The van der Waals surface area contributed by atoms with Gasteiger partial charge in [-0.25, -0.2) is 0 Å². The van der Waals surface area contributed by atoms with Crippen LogP contribution >= 0.6 is 0 Å². The first-order valence-electron chi connectivity index (χ1n) is 30.8. The van der Waals surface area contributed by atoms with E-state index in [0.29, 0.717) is 94.3 Å². The van der Waals surface area contributed by atoms with Gasteiger partial charge in [0, 0.05) is 50.4 Å². The van der Waals surface area contributed by atoms with Gasteiger partial charge in [0.25, 0.3) is 0 Å². The second kappa shape index (κ2) is 43.5. The van der Waals surface area contributed by atoms with Crippen molar-refractivity contribution in [3.63, 3.8) is 0 Å². The summed E-state index contributed by atoms with van der Waals surface area (Å²) in [5, 5.41) is 20.1. The lowest BCUT2D eigenvalue weighted by Crippen LogP contribution is -2.22. The first kappa shape index (κ1) is 70.6. The van der Waals surface area contributed by atoms with Gasteiger partial charge in [-0.1, -0.05) is 130 Å². The predicted molar refractivity (Wildman–Crippen MR) is 305 cm³/mol. The van der Waals surface area contributed by atoms with Crippen molar-refractivity contribution in [2.75, 3.05) is 26.4 Å². The fourth-order valence-electron chi connectivity index (χ4n) is 11.5. The molecule has 0 heterocycles. The molecular weight excluding hydrogens is 961 g/mol. The number of ether oxygens (including phenoxy) is 4. The monoisotopic (exact) mass is 1070 g/mol. The molecule has 76 heavy (non-hydrogen) atoms.